The van der Waals surface area contributed by atoms with Crippen LogP contribution < -0.4 is 0 Å². The molecule has 5 nitrogen and oxygen atoms in total. The molecule has 1 atom stereocenters. The molecule has 1 fully saturated rings. The molecular formula is C18H21NO4. The molecule has 23 heavy (non-hydrogen) atoms. The lowest BCUT2D eigenvalue weighted by atomic mass is 10.1. The van der Waals surface area contributed by atoms with E-state index < -0.39 is 5.97 Å². The zero-order valence-electron chi connectivity index (χ0n) is 13.2. The summed E-state index contributed by atoms with van der Waals surface area (Å²) >= 11 is 0. The summed E-state index contributed by atoms with van der Waals surface area (Å²) in [6.45, 7) is 4.56. The van der Waals surface area contributed by atoms with Gasteiger partial charge in [-0.15, -0.1) is 0 Å². The van der Waals surface area contributed by atoms with E-state index in [1.165, 1.54) is 0 Å². The Hall–Kier alpha value is -2.11. The van der Waals surface area contributed by atoms with Gasteiger partial charge in [0.15, 0.2) is 0 Å². The van der Waals surface area contributed by atoms with Crippen molar-refractivity contribution in [1.29, 1.82) is 0 Å². The van der Waals surface area contributed by atoms with E-state index in [1.54, 1.807) is 0 Å². The largest absolute Gasteiger partial charge is 0.481 e. The molecule has 0 radical (unpaired) electrons. The lowest BCUT2D eigenvalue weighted by Gasteiger charge is -2.34. The predicted octanol–water partition coefficient (Wildman–Crippen LogP) is 2.93. The van der Waals surface area contributed by atoms with Gasteiger partial charge in [-0.05, 0) is 24.6 Å². The molecular weight excluding hydrogens is 294 g/mol. The van der Waals surface area contributed by atoms with Crippen LogP contribution in [0.25, 0.3) is 11.3 Å². The fourth-order valence-corrected chi connectivity index (χ4v) is 2.89. The molecule has 1 saturated heterocycles. The molecule has 0 saturated carbocycles. The molecule has 1 aromatic heterocycles. The molecule has 122 valence electrons. The fraction of sp³-hybridized carbons (Fsp3) is 0.389. The van der Waals surface area contributed by atoms with Gasteiger partial charge in [-0.1, -0.05) is 24.3 Å². The van der Waals surface area contributed by atoms with Crippen LogP contribution in [0.1, 0.15) is 17.7 Å². The minimum atomic E-state index is -0.783. The lowest BCUT2D eigenvalue weighted by Crippen LogP contribution is -2.45. The number of benzene rings is 1. The van der Waals surface area contributed by atoms with Gasteiger partial charge >= 0.3 is 5.97 Å². The minimum Gasteiger partial charge on any atom is -0.481 e. The summed E-state index contributed by atoms with van der Waals surface area (Å²) in [4.78, 5) is 13.2. The highest BCUT2D eigenvalue weighted by Gasteiger charge is 2.25. The van der Waals surface area contributed by atoms with Gasteiger partial charge in [-0.2, -0.15) is 0 Å². The first-order chi connectivity index (χ1) is 11.1. The second-order valence-electron chi connectivity index (χ2n) is 5.90. The number of furan rings is 1. The molecule has 5 heteroatoms. The van der Waals surface area contributed by atoms with Gasteiger partial charge in [-0.25, -0.2) is 0 Å². The van der Waals surface area contributed by atoms with Crippen molar-refractivity contribution in [2.45, 2.75) is 25.9 Å². The van der Waals surface area contributed by atoms with Gasteiger partial charge in [-0.3, -0.25) is 9.69 Å². The Morgan fingerprint density at radius 1 is 1.26 bits per heavy atom. The molecule has 0 bridgehead atoms. The maximum absolute atomic E-state index is 11.0. The summed E-state index contributed by atoms with van der Waals surface area (Å²) < 4.78 is 11.0. The molecule has 0 spiro atoms. The second kappa shape index (κ2) is 6.98. The van der Waals surface area contributed by atoms with E-state index >= 15 is 0 Å². The summed E-state index contributed by atoms with van der Waals surface area (Å²) in [5.74, 6) is 0.979. The Kier molecular flexibility index (Phi) is 4.79. The number of rotatable bonds is 5. The van der Waals surface area contributed by atoms with Gasteiger partial charge < -0.3 is 14.3 Å². The van der Waals surface area contributed by atoms with Crippen molar-refractivity contribution in [3.8, 4) is 11.3 Å². The first-order valence-corrected chi connectivity index (χ1v) is 7.81. The smallest absolute Gasteiger partial charge is 0.305 e. The second-order valence-corrected chi connectivity index (χ2v) is 5.90. The Morgan fingerprint density at radius 2 is 2.04 bits per heavy atom. The number of hydrogen-bond donors (Lipinski definition) is 1. The number of nitrogens with zero attached hydrogens (tertiary/aromatic N) is 1. The van der Waals surface area contributed by atoms with Crippen LogP contribution in [0.4, 0.5) is 0 Å². The molecule has 1 aromatic carbocycles. The van der Waals surface area contributed by atoms with Gasteiger partial charge in [0.25, 0.3) is 0 Å². The number of carboxylic acid groups (broad SMARTS) is 1. The zero-order chi connectivity index (χ0) is 16.2. The van der Waals surface area contributed by atoms with Crippen molar-refractivity contribution in [2.75, 3.05) is 19.8 Å². The molecule has 2 heterocycles. The Morgan fingerprint density at radius 3 is 2.70 bits per heavy atom. The average Bonchev–Trinajstić information content (AvgIpc) is 2.96. The molecule has 1 aliphatic rings. The standard InChI is InChI=1S/C18H21NO4/c1-13-2-7-17(23-13)15-5-3-14(4-6-15)11-19-8-9-22-12-16(19)10-18(20)21/h2-7,16H,8-12H2,1H3,(H,20,21)/t16-/m1/s1. The van der Waals surface area contributed by atoms with Crippen LogP contribution in [0.2, 0.25) is 0 Å². The molecule has 1 aliphatic heterocycles. The quantitative estimate of drug-likeness (QED) is 0.919. The van der Waals surface area contributed by atoms with E-state index in [2.05, 4.69) is 17.0 Å². The third-order valence-corrected chi connectivity index (χ3v) is 4.12. The van der Waals surface area contributed by atoms with Crippen LogP contribution in [-0.2, 0) is 16.1 Å². The van der Waals surface area contributed by atoms with E-state index in [9.17, 15) is 4.79 Å². The predicted molar refractivity (Wildman–Crippen MR) is 86.2 cm³/mol. The average molecular weight is 315 g/mol. The summed E-state index contributed by atoms with van der Waals surface area (Å²) in [6, 6.07) is 12.1. The molecule has 1 N–H and O–H groups in total. The highest BCUT2D eigenvalue weighted by molar-refractivity contribution is 5.67. The van der Waals surface area contributed by atoms with Crippen molar-refractivity contribution in [2.24, 2.45) is 0 Å². The van der Waals surface area contributed by atoms with E-state index in [1.807, 2.05) is 31.2 Å². The SMILES string of the molecule is Cc1ccc(-c2ccc(CN3CCOC[C@H]3CC(=O)O)cc2)o1. The van der Waals surface area contributed by atoms with E-state index in [4.69, 9.17) is 14.3 Å². The normalized spacial score (nSPS) is 18.9. The van der Waals surface area contributed by atoms with Crippen molar-refractivity contribution in [3.63, 3.8) is 0 Å². The molecule has 2 aromatic rings. The van der Waals surface area contributed by atoms with Crippen molar-refractivity contribution in [3.05, 3.63) is 47.7 Å². The number of hydrogen-bond acceptors (Lipinski definition) is 4. The number of carboxylic acids is 1. The van der Waals surface area contributed by atoms with Crippen LogP contribution in [0.15, 0.2) is 40.8 Å². The fourth-order valence-electron chi connectivity index (χ4n) is 2.89. The van der Waals surface area contributed by atoms with E-state index in [-0.39, 0.29) is 12.5 Å². The molecule has 0 aliphatic carbocycles. The van der Waals surface area contributed by atoms with E-state index in [0.717, 1.165) is 35.7 Å². The summed E-state index contributed by atoms with van der Waals surface area (Å²) in [5, 5.41) is 9.02. The number of ether oxygens (including phenoxy) is 1. The van der Waals surface area contributed by atoms with Crippen LogP contribution >= 0.6 is 0 Å². The third-order valence-electron chi connectivity index (χ3n) is 4.12. The number of aryl methyl sites for hydroxylation is 1. The summed E-state index contributed by atoms with van der Waals surface area (Å²) in [5.41, 5.74) is 2.21. The number of carbonyl (C=O) groups is 1. The van der Waals surface area contributed by atoms with Gasteiger partial charge in [0, 0.05) is 24.7 Å². The molecule has 0 amide bonds. The van der Waals surface area contributed by atoms with Crippen LogP contribution in [0.5, 0.6) is 0 Å². The highest BCUT2D eigenvalue weighted by Crippen LogP contribution is 2.23. The first kappa shape index (κ1) is 15.8. The number of morpholine rings is 1. The zero-order valence-corrected chi connectivity index (χ0v) is 13.2. The van der Waals surface area contributed by atoms with Crippen LogP contribution in [0.3, 0.4) is 0 Å². The van der Waals surface area contributed by atoms with Gasteiger partial charge in [0.1, 0.15) is 11.5 Å². The Balaban J connectivity index is 1.68. The summed E-state index contributed by atoms with van der Waals surface area (Å²) in [6.07, 6.45) is 0.115. The molecule has 0 unspecified atom stereocenters. The highest BCUT2D eigenvalue weighted by atomic mass is 16.5. The monoisotopic (exact) mass is 315 g/mol. The van der Waals surface area contributed by atoms with Crippen molar-refractivity contribution < 1.29 is 19.1 Å². The summed E-state index contributed by atoms with van der Waals surface area (Å²) in [7, 11) is 0. The maximum atomic E-state index is 11.0. The minimum absolute atomic E-state index is 0.0614. The number of aliphatic carboxylic acids is 1. The Labute approximate surface area is 135 Å². The van der Waals surface area contributed by atoms with Crippen LogP contribution in [0, 0.1) is 6.92 Å². The van der Waals surface area contributed by atoms with Crippen LogP contribution in [-0.4, -0.2) is 41.8 Å². The Bertz CT molecular complexity index is 662. The molecule has 3 rings (SSSR count). The van der Waals surface area contributed by atoms with Crippen molar-refractivity contribution >= 4 is 5.97 Å². The lowest BCUT2D eigenvalue weighted by molar-refractivity contribution is -0.140. The van der Waals surface area contributed by atoms with Gasteiger partial charge in [0.2, 0.25) is 0 Å². The maximum Gasteiger partial charge on any atom is 0.305 e. The first-order valence-electron chi connectivity index (χ1n) is 7.81. The topological polar surface area (TPSA) is 62.9 Å². The van der Waals surface area contributed by atoms with E-state index in [0.29, 0.717) is 13.2 Å². The van der Waals surface area contributed by atoms with Crippen molar-refractivity contribution in [1.82, 2.24) is 4.90 Å². The third kappa shape index (κ3) is 4.00. The van der Waals surface area contributed by atoms with Gasteiger partial charge in [0.05, 0.1) is 19.6 Å².